The molecule has 0 fully saturated rings. The summed E-state index contributed by atoms with van der Waals surface area (Å²) >= 11 is 0. The van der Waals surface area contributed by atoms with Crippen LogP contribution in [-0.4, -0.2) is 4.98 Å². The first kappa shape index (κ1) is 25.1. The third-order valence-corrected chi connectivity index (χ3v) is 4.09. The molecule has 0 aliphatic carbocycles. The molecule has 1 heteroatoms. The largest absolute Gasteiger partial charge is 0.260 e. The highest BCUT2D eigenvalue weighted by Crippen LogP contribution is 2.36. The summed E-state index contributed by atoms with van der Waals surface area (Å²) in [7, 11) is 0. The second kappa shape index (κ2) is 10.7. The van der Waals surface area contributed by atoms with Crippen molar-refractivity contribution in [3.8, 4) is 0 Å². The topological polar surface area (TPSA) is 12.9 Å². The molecule has 1 nitrogen and oxygen atoms in total. The maximum atomic E-state index is 4.77. The Bertz CT molecular complexity index is 432. The number of hydrogen-bond donors (Lipinski definition) is 0. The van der Waals surface area contributed by atoms with E-state index in [2.05, 4.69) is 86.9 Å². The fraction of sp³-hybridized carbons (Fsp3) is 0.696. The Kier molecular flexibility index (Phi) is 11.2. The molecule has 0 N–H and O–H groups in total. The lowest BCUT2D eigenvalue weighted by Crippen LogP contribution is -2.26. The van der Waals surface area contributed by atoms with Crippen molar-refractivity contribution in [3.63, 3.8) is 0 Å². The van der Waals surface area contributed by atoms with E-state index < -0.39 is 0 Å². The van der Waals surface area contributed by atoms with E-state index in [4.69, 9.17) is 4.98 Å². The van der Waals surface area contributed by atoms with Crippen LogP contribution in [0, 0.1) is 5.41 Å². The molecule has 140 valence electrons. The molecule has 0 saturated carbocycles. The van der Waals surface area contributed by atoms with Crippen molar-refractivity contribution < 1.29 is 0 Å². The van der Waals surface area contributed by atoms with Crippen LogP contribution in [0.15, 0.2) is 31.5 Å². The maximum Gasteiger partial charge on any atom is 0.0460 e. The quantitative estimate of drug-likeness (QED) is 0.503. The molecule has 0 amide bonds. The number of nitrogens with zero attached hydrogens (tertiary/aromatic N) is 1. The van der Waals surface area contributed by atoms with Crippen molar-refractivity contribution in [1.82, 2.24) is 4.98 Å². The molecule has 0 atom stereocenters. The third kappa shape index (κ3) is 8.66. The average Bonchev–Trinajstić information content (AvgIpc) is 2.49. The van der Waals surface area contributed by atoms with Crippen molar-refractivity contribution in [3.05, 3.63) is 42.7 Å². The van der Waals surface area contributed by atoms with Crippen LogP contribution in [0.2, 0.25) is 0 Å². The van der Waals surface area contributed by atoms with Crippen molar-refractivity contribution >= 4 is 0 Å². The fourth-order valence-electron chi connectivity index (χ4n) is 3.38. The normalized spacial score (nSPS) is 11.8. The monoisotopic (exact) mass is 333 g/mol. The van der Waals surface area contributed by atoms with Gasteiger partial charge in [0.05, 0.1) is 0 Å². The van der Waals surface area contributed by atoms with Gasteiger partial charge in [-0.2, -0.15) is 0 Å². The van der Waals surface area contributed by atoms with Gasteiger partial charge in [-0.1, -0.05) is 81.7 Å². The second-order valence-electron chi connectivity index (χ2n) is 8.69. The van der Waals surface area contributed by atoms with Gasteiger partial charge in [0.15, 0.2) is 0 Å². The van der Waals surface area contributed by atoms with Crippen LogP contribution in [0.4, 0.5) is 0 Å². The molecule has 0 radical (unpaired) electrons. The minimum Gasteiger partial charge on any atom is -0.260 e. The SMILES string of the molecule is C=C.CC.CCCC(C)(C)c1ccc(C(C)(C)CC(C)(C)C)cn1. The minimum absolute atomic E-state index is 0.179. The van der Waals surface area contributed by atoms with Gasteiger partial charge in [-0.25, -0.2) is 0 Å². The predicted octanol–water partition coefficient (Wildman–Crippen LogP) is 7.70. The number of aromatic nitrogens is 1. The molecule has 0 bridgehead atoms. The molecule has 0 spiro atoms. The summed E-state index contributed by atoms with van der Waals surface area (Å²) in [6, 6.07) is 4.51. The fourth-order valence-corrected chi connectivity index (χ4v) is 3.38. The number of rotatable bonds is 5. The summed E-state index contributed by atoms with van der Waals surface area (Å²) in [5.74, 6) is 0. The van der Waals surface area contributed by atoms with Crippen LogP contribution in [0.3, 0.4) is 0 Å². The second-order valence-corrected chi connectivity index (χ2v) is 8.69. The molecule has 24 heavy (non-hydrogen) atoms. The summed E-state index contributed by atoms with van der Waals surface area (Å²) in [5, 5.41) is 0. The minimum atomic E-state index is 0.179. The van der Waals surface area contributed by atoms with Crippen LogP contribution in [0.25, 0.3) is 0 Å². The standard InChI is InChI=1S/C19H33N.C2H6.C2H4/c1-9-12-18(5,6)16-11-10-15(13-20-16)19(7,8)14-17(2,3)4;2*1-2/h10-11,13H,9,12,14H2,1-8H3;1-2H3;1-2H2. The van der Waals surface area contributed by atoms with Crippen molar-refractivity contribution in [2.75, 3.05) is 0 Å². The van der Waals surface area contributed by atoms with Crippen molar-refractivity contribution in [2.24, 2.45) is 5.41 Å². The number of pyridine rings is 1. The van der Waals surface area contributed by atoms with Gasteiger partial charge in [-0.05, 0) is 35.3 Å². The van der Waals surface area contributed by atoms with Gasteiger partial charge in [0.25, 0.3) is 0 Å². The average molecular weight is 334 g/mol. The lowest BCUT2D eigenvalue weighted by Gasteiger charge is -2.33. The van der Waals surface area contributed by atoms with E-state index in [1.807, 2.05) is 13.8 Å². The van der Waals surface area contributed by atoms with E-state index in [1.165, 1.54) is 30.5 Å². The highest BCUT2D eigenvalue weighted by atomic mass is 14.7. The zero-order chi connectivity index (χ0) is 19.6. The van der Waals surface area contributed by atoms with Crippen molar-refractivity contribution in [2.45, 2.75) is 99.3 Å². The summed E-state index contributed by atoms with van der Waals surface area (Å²) in [5.41, 5.74) is 3.27. The Labute approximate surface area is 153 Å². The summed E-state index contributed by atoms with van der Waals surface area (Å²) in [4.78, 5) is 4.77. The first-order valence-electron chi connectivity index (χ1n) is 9.45. The zero-order valence-electron chi connectivity index (χ0n) is 18.2. The Morgan fingerprint density at radius 3 is 1.71 bits per heavy atom. The predicted molar refractivity (Wildman–Crippen MR) is 112 cm³/mol. The van der Waals surface area contributed by atoms with Gasteiger partial charge < -0.3 is 0 Å². The van der Waals surface area contributed by atoms with Gasteiger partial charge in [0.2, 0.25) is 0 Å². The van der Waals surface area contributed by atoms with E-state index in [9.17, 15) is 0 Å². The number of hydrogen-bond acceptors (Lipinski definition) is 1. The smallest absolute Gasteiger partial charge is 0.0460 e. The summed E-state index contributed by atoms with van der Waals surface area (Å²) in [6.45, 7) is 28.4. The summed E-state index contributed by atoms with van der Waals surface area (Å²) < 4.78 is 0. The molecule has 1 aromatic rings. The first-order valence-corrected chi connectivity index (χ1v) is 9.45. The maximum absolute atomic E-state index is 4.77. The van der Waals surface area contributed by atoms with Crippen molar-refractivity contribution in [1.29, 1.82) is 0 Å². The molecule has 1 aromatic heterocycles. The molecular formula is C23H43N. The van der Waals surface area contributed by atoms with E-state index in [0.717, 1.165) is 0 Å². The molecular weight excluding hydrogens is 290 g/mol. The molecule has 1 heterocycles. The highest BCUT2D eigenvalue weighted by Gasteiger charge is 2.28. The van der Waals surface area contributed by atoms with Crippen LogP contribution >= 0.6 is 0 Å². The Hall–Kier alpha value is -1.11. The summed E-state index contributed by atoms with van der Waals surface area (Å²) in [6.07, 6.45) is 5.65. The van der Waals surface area contributed by atoms with E-state index in [1.54, 1.807) is 0 Å². The van der Waals surface area contributed by atoms with Gasteiger partial charge in [0.1, 0.15) is 0 Å². The van der Waals surface area contributed by atoms with E-state index >= 15 is 0 Å². The Morgan fingerprint density at radius 1 is 0.875 bits per heavy atom. The first-order chi connectivity index (χ1) is 11.0. The highest BCUT2D eigenvalue weighted by molar-refractivity contribution is 5.25. The molecule has 0 aliphatic heterocycles. The van der Waals surface area contributed by atoms with Crippen LogP contribution in [0.1, 0.15) is 99.8 Å². The Morgan fingerprint density at radius 2 is 1.38 bits per heavy atom. The molecule has 0 unspecified atom stereocenters. The lowest BCUT2D eigenvalue weighted by atomic mass is 9.72. The zero-order valence-corrected chi connectivity index (χ0v) is 18.2. The van der Waals surface area contributed by atoms with Crippen LogP contribution in [-0.2, 0) is 10.8 Å². The van der Waals surface area contributed by atoms with Gasteiger partial charge in [-0.15, -0.1) is 13.2 Å². The van der Waals surface area contributed by atoms with Gasteiger partial charge >= 0.3 is 0 Å². The molecule has 0 aromatic carbocycles. The lowest BCUT2D eigenvalue weighted by molar-refractivity contribution is 0.283. The van der Waals surface area contributed by atoms with E-state index in [0.29, 0.717) is 5.41 Å². The van der Waals surface area contributed by atoms with Crippen LogP contribution in [0.5, 0.6) is 0 Å². The van der Waals surface area contributed by atoms with Gasteiger partial charge in [-0.3, -0.25) is 4.98 Å². The third-order valence-electron chi connectivity index (χ3n) is 4.09. The molecule has 0 aliphatic rings. The molecule has 1 rings (SSSR count). The van der Waals surface area contributed by atoms with Crippen LogP contribution < -0.4 is 0 Å². The van der Waals surface area contributed by atoms with E-state index in [-0.39, 0.29) is 10.8 Å². The Balaban J connectivity index is 0. The van der Waals surface area contributed by atoms with Gasteiger partial charge in [0, 0.05) is 17.3 Å². The molecule has 0 saturated heterocycles.